The number of hydrogen-bond donors (Lipinski definition) is 2. The van der Waals surface area contributed by atoms with Crippen molar-refractivity contribution in [1.82, 2.24) is 5.32 Å². The van der Waals surface area contributed by atoms with Crippen molar-refractivity contribution in [3.63, 3.8) is 0 Å². The summed E-state index contributed by atoms with van der Waals surface area (Å²) in [7, 11) is 0. The van der Waals surface area contributed by atoms with Gasteiger partial charge in [0.15, 0.2) is 0 Å². The molecule has 0 saturated heterocycles. The quantitative estimate of drug-likeness (QED) is 0.757. The molecule has 0 aliphatic rings. The molecule has 2 N–H and O–H groups in total. The largest absolute Gasteiger partial charge is 0.573 e. The van der Waals surface area contributed by atoms with Gasteiger partial charge in [0.2, 0.25) is 0 Å². The van der Waals surface area contributed by atoms with Gasteiger partial charge >= 0.3 is 12.4 Å². The molecular weight excluding hydrogens is 389 g/mol. The maximum absolute atomic E-state index is 12.2. The minimum Gasteiger partial charge on any atom is -0.406 e. The van der Waals surface area contributed by atoms with Crippen molar-refractivity contribution >= 4 is 27.6 Å². The molecular formula is C16H14BrF3N2O2. The Morgan fingerprint density at radius 3 is 2.62 bits per heavy atom. The number of alkyl halides is 3. The summed E-state index contributed by atoms with van der Waals surface area (Å²) in [5.41, 5.74) is 2.00. The lowest BCUT2D eigenvalue weighted by molar-refractivity contribution is -0.274. The Morgan fingerprint density at radius 1 is 1.21 bits per heavy atom. The molecule has 0 aliphatic heterocycles. The van der Waals surface area contributed by atoms with Crippen LogP contribution in [0.2, 0.25) is 0 Å². The Hall–Kier alpha value is -2.22. The summed E-state index contributed by atoms with van der Waals surface area (Å²) < 4.78 is 41.3. The van der Waals surface area contributed by atoms with Gasteiger partial charge in [0.1, 0.15) is 5.75 Å². The van der Waals surface area contributed by atoms with Gasteiger partial charge in [-0.1, -0.05) is 28.1 Å². The molecule has 2 aromatic rings. The number of aryl methyl sites for hydroxylation is 1. The maximum Gasteiger partial charge on any atom is 0.573 e. The summed E-state index contributed by atoms with van der Waals surface area (Å²) >= 11 is 3.33. The molecule has 2 aromatic carbocycles. The smallest absolute Gasteiger partial charge is 0.406 e. The van der Waals surface area contributed by atoms with Gasteiger partial charge in [0.05, 0.1) is 0 Å². The first-order chi connectivity index (χ1) is 11.2. The molecule has 0 radical (unpaired) electrons. The fraction of sp³-hybridized carbons (Fsp3) is 0.188. The number of benzene rings is 2. The van der Waals surface area contributed by atoms with Gasteiger partial charge in [-0.15, -0.1) is 13.2 Å². The third kappa shape index (κ3) is 5.77. The van der Waals surface area contributed by atoms with Crippen LogP contribution in [0.25, 0.3) is 0 Å². The third-order valence-corrected chi connectivity index (χ3v) is 3.51. The van der Waals surface area contributed by atoms with Crippen LogP contribution in [-0.4, -0.2) is 12.4 Å². The first-order valence-electron chi connectivity index (χ1n) is 6.88. The zero-order valence-corrected chi connectivity index (χ0v) is 14.2. The van der Waals surface area contributed by atoms with Crippen LogP contribution in [0.3, 0.4) is 0 Å². The predicted molar refractivity (Wildman–Crippen MR) is 87.9 cm³/mol. The second kappa shape index (κ2) is 7.57. The van der Waals surface area contributed by atoms with Crippen LogP contribution < -0.4 is 15.4 Å². The summed E-state index contributed by atoms with van der Waals surface area (Å²) in [6, 6.07) is 10.4. The molecule has 4 nitrogen and oxygen atoms in total. The minimum atomic E-state index is -4.75. The number of amides is 2. The van der Waals surface area contributed by atoms with Crippen LogP contribution in [0.15, 0.2) is 46.9 Å². The molecule has 0 unspecified atom stereocenters. The number of anilines is 1. The first kappa shape index (κ1) is 18.1. The van der Waals surface area contributed by atoms with Crippen molar-refractivity contribution in [2.75, 3.05) is 5.32 Å². The molecule has 8 heteroatoms. The van der Waals surface area contributed by atoms with Crippen LogP contribution in [0, 0.1) is 6.92 Å². The first-order valence-corrected chi connectivity index (χ1v) is 7.68. The molecule has 0 spiro atoms. The molecule has 2 amide bonds. The Bertz CT molecular complexity index is 736. The van der Waals surface area contributed by atoms with Crippen molar-refractivity contribution in [2.24, 2.45) is 0 Å². The molecule has 24 heavy (non-hydrogen) atoms. The molecule has 128 valence electrons. The third-order valence-electron chi connectivity index (χ3n) is 3.02. The van der Waals surface area contributed by atoms with Crippen LogP contribution >= 0.6 is 15.9 Å². The van der Waals surface area contributed by atoms with E-state index >= 15 is 0 Å². The number of halogens is 4. The van der Waals surface area contributed by atoms with Crippen molar-refractivity contribution < 1.29 is 22.7 Å². The van der Waals surface area contributed by atoms with Crippen molar-refractivity contribution in [3.8, 4) is 5.75 Å². The van der Waals surface area contributed by atoms with E-state index in [1.807, 2.05) is 13.0 Å². The molecule has 0 aromatic heterocycles. The van der Waals surface area contributed by atoms with E-state index in [1.165, 1.54) is 18.2 Å². The number of nitrogens with one attached hydrogen (secondary N) is 2. The SMILES string of the molecule is Cc1cc(Br)ccc1NC(=O)NCc1cccc(OC(F)(F)F)c1. The fourth-order valence-electron chi connectivity index (χ4n) is 1.97. The van der Waals surface area contributed by atoms with Crippen LogP contribution in [0.4, 0.5) is 23.7 Å². The zero-order chi connectivity index (χ0) is 17.7. The highest BCUT2D eigenvalue weighted by Crippen LogP contribution is 2.23. The molecule has 0 fully saturated rings. The summed E-state index contributed by atoms with van der Waals surface area (Å²) in [5, 5.41) is 5.26. The Labute approximate surface area is 145 Å². The van der Waals surface area contributed by atoms with Gasteiger partial charge in [0, 0.05) is 16.7 Å². The normalized spacial score (nSPS) is 11.0. The highest BCUT2D eigenvalue weighted by atomic mass is 79.9. The van der Waals surface area contributed by atoms with Crippen LogP contribution in [0.1, 0.15) is 11.1 Å². The zero-order valence-electron chi connectivity index (χ0n) is 12.6. The minimum absolute atomic E-state index is 0.0659. The number of urea groups is 1. The summed E-state index contributed by atoms with van der Waals surface area (Å²) in [6.07, 6.45) is -4.75. The summed E-state index contributed by atoms with van der Waals surface area (Å²) in [6.45, 7) is 1.91. The standard InChI is InChI=1S/C16H14BrF3N2O2/c1-10-7-12(17)5-6-14(10)22-15(23)21-9-11-3-2-4-13(8-11)24-16(18,19)20/h2-8H,9H2,1H3,(H2,21,22,23). The molecule has 0 atom stereocenters. The van der Waals surface area contributed by atoms with E-state index in [9.17, 15) is 18.0 Å². The second-order valence-electron chi connectivity index (χ2n) is 4.96. The topological polar surface area (TPSA) is 50.4 Å². The number of hydrogen-bond acceptors (Lipinski definition) is 2. The van der Waals surface area contributed by atoms with Gasteiger partial charge in [0.25, 0.3) is 0 Å². The molecule has 2 rings (SSSR count). The molecule has 0 aliphatic carbocycles. The van der Waals surface area contributed by atoms with Gasteiger partial charge in [-0.2, -0.15) is 0 Å². The van der Waals surface area contributed by atoms with E-state index < -0.39 is 12.4 Å². The van der Waals surface area contributed by atoms with Gasteiger partial charge in [-0.3, -0.25) is 0 Å². The number of carbonyl (C=O) groups excluding carboxylic acids is 1. The van der Waals surface area contributed by atoms with Crippen LogP contribution in [0.5, 0.6) is 5.75 Å². The monoisotopic (exact) mass is 402 g/mol. The Morgan fingerprint density at radius 2 is 1.96 bits per heavy atom. The maximum atomic E-state index is 12.2. The van der Waals surface area contributed by atoms with Gasteiger partial charge in [-0.25, -0.2) is 4.79 Å². The van der Waals surface area contributed by atoms with Crippen molar-refractivity contribution in [2.45, 2.75) is 19.8 Å². The number of rotatable bonds is 4. The highest BCUT2D eigenvalue weighted by Gasteiger charge is 2.31. The lowest BCUT2D eigenvalue weighted by Crippen LogP contribution is -2.28. The fourth-order valence-corrected chi connectivity index (χ4v) is 2.44. The molecule has 0 bridgehead atoms. The van der Waals surface area contributed by atoms with Crippen LogP contribution in [-0.2, 0) is 6.54 Å². The number of carbonyl (C=O) groups is 1. The van der Waals surface area contributed by atoms with E-state index in [-0.39, 0.29) is 12.3 Å². The summed E-state index contributed by atoms with van der Waals surface area (Å²) in [4.78, 5) is 11.9. The van der Waals surface area contributed by atoms with E-state index in [2.05, 4.69) is 31.3 Å². The van der Waals surface area contributed by atoms with E-state index in [4.69, 9.17) is 0 Å². The van der Waals surface area contributed by atoms with Crippen molar-refractivity contribution in [3.05, 3.63) is 58.1 Å². The number of ether oxygens (including phenoxy) is 1. The van der Waals surface area contributed by atoms with E-state index in [1.54, 1.807) is 18.2 Å². The molecule has 0 saturated carbocycles. The lowest BCUT2D eigenvalue weighted by atomic mass is 10.2. The Balaban J connectivity index is 1.93. The predicted octanol–water partition coefficient (Wildman–Crippen LogP) is 4.98. The second-order valence-corrected chi connectivity index (χ2v) is 5.88. The van der Waals surface area contributed by atoms with Gasteiger partial charge in [-0.05, 0) is 48.4 Å². The average molecular weight is 403 g/mol. The van der Waals surface area contributed by atoms with E-state index in [0.717, 1.165) is 10.0 Å². The molecule has 0 heterocycles. The Kier molecular flexibility index (Phi) is 5.71. The van der Waals surface area contributed by atoms with Gasteiger partial charge < -0.3 is 15.4 Å². The summed E-state index contributed by atoms with van der Waals surface area (Å²) in [5.74, 6) is -0.328. The lowest BCUT2D eigenvalue weighted by Gasteiger charge is -2.12. The average Bonchev–Trinajstić information content (AvgIpc) is 2.47. The van der Waals surface area contributed by atoms with Crippen molar-refractivity contribution in [1.29, 1.82) is 0 Å². The highest BCUT2D eigenvalue weighted by molar-refractivity contribution is 9.10. The van der Waals surface area contributed by atoms with E-state index in [0.29, 0.717) is 11.3 Å².